The summed E-state index contributed by atoms with van der Waals surface area (Å²) in [6, 6.07) is 4.73. The van der Waals surface area contributed by atoms with Gasteiger partial charge in [0.1, 0.15) is 18.7 Å². The molecule has 6 heteroatoms. The zero-order valence-electron chi connectivity index (χ0n) is 13.6. The molecule has 3 N–H and O–H groups in total. The van der Waals surface area contributed by atoms with E-state index >= 15 is 0 Å². The van der Waals surface area contributed by atoms with Gasteiger partial charge in [-0.05, 0) is 43.9 Å². The maximum absolute atomic E-state index is 12.1. The van der Waals surface area contributed by atoms with Crippen LogP contribution in [0, 0.1) is 13.8 Å². The molecule has 0 bridgehead atoms. The Kier molecular flexibility index (Phi) is 6.12. The van der Waals surface area contributed by atoms with Crippen molar-refractivity contribution in [3.8, 4) is 0 Å². The molecule has 1 amide bonds. The standard InChI is InChI=1S/C17H24N2O4/c1-11-5-3-7-14(12(11)2)19-16(20)9-15(17(21)22)18-10-13-6-4-8-23-13/h3,5,7,13,15,18H,4,6,8-10H2,1-2H3,(H,19,20)(H,21,22)/t13-,15-/m0/s1. The van der Waals surface area contributed by atoms with Gasteiger partial charge in [0.25, 0.3) is 0 Å². The summed E-state index contributed by atoms with van der Waals surface area (Å²) in [5.41, 5.74) is 2.77. The number of carbonyl (C=O) groups is 2. The number of ether oxygens (including phenoxy) is 1. The van der Waals surface area contributed by atoms with Crippen LogP contribution >= 0.6 is 0 Å². The van der Waals surface area contributed by atoms with Crippen LogP contribution in [0.15, 0.2) is 18.2 Å². The second kappa shape index (κ2) is 8.08. The average molecular weight is 320 g/mol. The molecule has 126 valence electrons. The zero-order chi connectivity index (χ0) is 16.8. The van der Waals surface area contributed by atoms with E-state index in [0.29, 0.717) is 12.2 Å². The number of rotatable bonds is 7. The first kappa shape index (κ1) is 17.4. The molecule has 0 aromatic heterocycles. The third kappa shape index (κ3) is 5.04. The summed E-state index contributed by atoms with van der Waals surface area (Å²) in [4.78, 5) is 23.4. The highest BCUT2D eigenvalue weighted by Gasteiger charge is 2.23. The largest absolute Gasteiger partial charge is 0.544 e. The van der Waals surface area contributed by atoms with Gasteiger partial charge in [-0.25, -0.2) is 0 Å². The molecule has 2 atom stereocenters. The van der Waals surface area contributed by atoms with E-state index in [-0.39, 0.29) is 18.4 Å². The number of quaternary nitrogens is 1. The molecule has 1 fully saturated rings. The number of hydrogen-bond donors (Lipinski definition) is 2. The molecular weight excluding hydrogens is 296 g/mol. The molecule has 1 aromatic rings. The van der Waals surface area contributed by atoms with E-state index in [9.17, 15) is 14.7 Å². The van der Waals surface area contributed by atoms with Gasteiger partial charge in [0.2, 0.25) is 5.91 Å². The third-order valence-corrected chi connectivity index (χ3v) is 4.29. The van der Waals surface area contributed by atoms with Crippen LogP contribution in [0.1, 0.15) is 30.4 Å². The van der Waals surface area contributed by atoms with Gasteiger partial charge < -0.3 is 25.3 Å². The highest BCUT2D eigenvalue weighted by molar-refractivity contribution is 5.94. The van der Waals surface area contributed by atoms with Gasteiger partial charge in [0, 0.05) is 12.3 Å². The van der Waals surface area contributed by atoms with Crippen LogP contribution in [-0.2, 0) is 14.3 Å². The quantitative estimate of drug-likeness (QED) is 0.707. The smallest absolute Gasteiger partial charge is 0.230 e. The summed E-state index contributed by atoms with van der Waals surface area (Å²) in [6.07, 6.45) is 1.88. The number of amides is 1. The third-order valence-electron chi connectivity index (χ3n) is 4.29. The molecule has 6 nitrogen and oxygen atoms in total. The molecule has 1 aromatic carbocycles. The fraction of sp³-hybridized carbons (Fsp3) is 0.529. The van der Waals surface area contributed by atoms with Crippen LogP contribution in [0.25, 0.3) is 0 Å². The van der Waals surface area contributed by atoms with Gasteiger partial charge >= 0.3 is 0 Å². The zero-order valence-corrected chi connectivity index (χ0v) is 13.6. The summed E-state index contributed by atoms with van der Waals surface area (Å²) in [7, 11) is 0. The van der Waals surface area contributed by atoms with E-state index in [1.165, 1.54) is 0 Å². The highest BCUT2D eigenvalue weighted by Crippen LogP contribution is 2.18. The number of benzene rings is 1. The van der Waals surface area contributed by atoms with E-state index in [1.807, 2.05) is 32.0 Å². The van der Waals surface area contributed by atoms with Crippen LogP contribution in [0.3, 0.4) is 0 Å². The Bertz CT molecular complexity index is 568. The van der Waals surface area contributed by atoms with Crippen molar-refractivity contribution in [2.45, 2.75) is 45.3 Å². The molecule has 1 aliphatic rings. The lowest BCUT2D eigenvalue weighted by molar-refractivity contribution is -0.687. The van der Waals surface area contributed by atoms with Crippen LogP contribution in [-0.4, -0.2) is 37.2 Å². The van der Waals surface area contributed by atoms with Gasteiger partial charge in [-0.1, -0.05) is 12.1 Å². The Balaban J connectivity index is 1.89. The predicted octanol–water partition coefficient (Wildman–Crippen LogP) is -0.507. The number of carboxylic acids is 1. The second-order valence-electron chi connectivity index (χ2n) is 6.03. The van der Waals surface area contributed by atoms with Gasteiger partial charge in [-0.2, -0.15) is 0 Å². The van der Waals surface area contributed by atoms with Gasteiger partial charge in [0.15, 0.2) is 0 Å². The normalized spacial score (nSPS) is 18.6. The van der Waals surface area contributed by atoms with Crippen molar-refractivity contribution in [1.29, 1.82) is 0 Å². The minimum absolute atomic E-state index is 0.0685. The minimum atomic E-state index is -1.22. The van der Waals surface area contributed by atoms with Crippen molar-refractivity contribution >= 4 is 17.6 Å². The highest BCUT2D eigenvalue weighted by atomic mass is 16.5. The number of anilines is 1. The van der Waals surface area contributed by atoms with Crippen molar-refractivity contribution in [2.24, 2.45) is 0 Å². The molecule has 1 aliphatic heterocycles. The van der Waals surface area contributed by atoms with Crippen molar-refractivity contribution < 1.29 is 24.7 Å². The molecule has 23 heavy (non-hydrogen) atoms. The van der Waals surface area contributed by atoms with Crippen LogP contribution in [0.2, 0.25) is 0 Å². The Hall–Kier alpha value is -1.92. The number of carboxylic acid groups (broad SMARTS) is 1. The van der Waals surface area contributed by atoms with Crippen LogP contribution < -0.4 is 15.7 Å². The summed E-state index contributed by atoms with van der Waals surface area (Å²) in [6.45, 7) is 5.14. The topological polar surface area (TPSA) is 95.1 Å². The number of hydrogen-bond acceptors (Lipinski definition) is 4. The number of nitrogens with two attached hydrogens (primary N) is 1. The first-order valence-electron chi connectivity index (χ1n) is 7.99. The van der Waals surface area contributed by atoms with Crippen molar-refractivity contribution in [2.75, 3.05) is 18.5 Å². The van der Waals surface area contributed by atoms with E-state index in [2.05, 4.69) is 5.32 Å². The lowest BCUT2D eigenvalue weighted by atomic mass is 10.1. The van der Waals surface area contributed by atoms with Gasteiger partial charge in [-0.3, -0.25) is 4.79 Å². The SMILES string of the molecule is Cc1cccc(NC(=O)C[C@H]([NH2+]C[C@@H]2CCCO2)C(=O)[O-])c1C. The monoisotopic (exact) mass is 320 g/mol. The van der Waals surface area contributed by atoms with E-state index in [0.717, 1.165) is 30.6 Å². The Labute approximate surface area is 136 Å². The average Bonchev–Trinajstić information content (AvgIpc) is 3.01. The van der Waals surface area contributed by atoms with Crippen molar-refractivity contribution in [1.82, 2.24) is 0 Å². The number of carbonyl (C=O) groups excluding carboxylic acids is 2. The van der Waals surface area contributed by atoms with Gasteiger partial charge in [-0.15, -0.1) is 0 Å². The maximum Gasteiger partial charge on any atom is 0.230 e. The molecular formula is C17H24N2O4. The minimum Gasteiger partial charge on any atom is -0.544 e. The molecule has 1 saturated heterocycles. The molecule has 0 spiro atoms. The second-order valence-corrected chi connectivity index (χ2v) is 6.03. The summed E-state index contributed by atoms with van der Waals surface area (Å²) in [5.74, 6) is -1.55. The van der Waals surface area contributed by atoms with Crippen molar-refractivity contribution in [3.63, 3.8) is 0 Å². The molecule has 1 heterocycles. The lowest BCUT2D eigenvalue weighted by Crippen LogP contribution is -2.94. The van der Waals surface area contributed by atoms with E-state index in [1.54, 1.807) is 5.32 Å². The molecule has 0 unspecified atom stereocenters. The molecule has 2 rings (SSSR count). The fourth-order valence-corrected chi connectivity index (χ4v) is 2.70. The molecule has 0 aliphatic carbocycles. The predicted molar refractivity (Wildman–Crippen MR) is 83.7 cm³/mol. The molecule has 0 radical (unpaired) electrons. The maximum atomic E-state index is 12.1. The Morgan fingerprint density at radius 2 is 2.22 bits per heavy atom. The van der Waals surface area contributed by atoms with E-state index in [4.69, 9.17) is 4.74 Å². The summed E-state index contributed by atoms with van der Waals surface area (Å²) >= 11 is 0. The lowest BCUT2D eigenvalue weighted by Gasteiger charge is -2.18. The summed E-state index contributed by atoms with van der Waals surface area (Å²) in [5, 5.41) is 15.7. The van der Waals surface area contributed by atoms with E-state index < -0.39 is 12.0 Å². The number of aryl methyl sites for hydroxylation is 1. The Morgan fingerprint density at radius 1 is 1.43 bits per heavy atom. The Morgan fingerprint density at radius 3 is 2.87 bits per heavy atom. The number of aliphatic carboxylic acids is 1. The van der Waals surface area contributed by atoms with Crippen LogP contribution in [0.5, 0.6) is 0 Å². The first-order valence-corrected chi connectivity index (χ1v) is 7.99. The number of nitrogens with one attached hydrogen (secondary N) is 1. The summed E-state index contributed by atoms with van der Waals surface area (Å²) < 4.78 is 5.47. The fourth-order valence-electron chi connectivity index (χ4n) is 2.70. The van der Waals surface area contributed by atoms with Gasteiger partial charge in [0.05, 0.1) is 12.4 Å². The van der Waals surface area contributed by atoms with Crippen LogP contribution in [0.4, 0.5) is 5.69 Å². The van der Waals surface area contributed by atoms with Crippen molar-refractivity contribution in [3.05, 3.63) is 29.3 Å². The molecule has 0 saturated carbocycles. The first-order chi connectivity index (χ1) is 11.0.